The number of aromatic nitrogens is 1. The summed E-state index contributed by atoms with van der Waals surface area (Å²) in [4.78, 5) is 18.6. The molecule has 1 aromatic carbocycles. The Hall–Kier alpha value is -2.40. The summed E-state index contributed by atoms with van der Waals surface area (Å²) in [6.07, 6.45) is 3.52. The molecule has 0 N–H and O–H groups in total. The quantitative estimate of drug-likeness (QED) is 0.839. The van der Waals surface area contributed by atoms with Crippen molar-refractivity contribution in [1.82, 2.24) is 9.88 Å². The highest BCUT2D eigenvalue weighted by molar-refractivity contribution is 5.93. The summed E-state index contributed by atoms with van der Waals surface area (Å²) >= 11 is 0. The van der Waals surface area contributed by atoms with Crippen LogP contribution in [0, 0.1) is 6.92 Å². The molecular weight excluding hydrogens is 316 g/mol. The number of pyridine rings is 1. The van der Waals surface area contributed by atoms with E-state index in [9.17, 15) is 4.79 Å². The van der Waals surface area contributed by atoms with Crippen molar-refractivity contribution in [1.29, 1.82) is 0 Å². The zero-order valence-electron chi connectivity index (χ0n) is 14.8. The number of piperidine rings is 1. The van der Waals surface area contributed by atoms with E-state index in [2.05, 4.69) is 4.98 Å². The van der Waals surface area contributed by atoms with Crippen LogP contribution in [0.4, 0.5) is 0 Å². The van der Waals surface area contributed by atoms with E-state index >= 15 is 0 Å². The van der Waals surface area contributed by atoms with Crippen LogP contribution in [0.25, 0.3) is 0 Å². The van der Waals surface area contributed by atoms with E-state index in [1.807, 2.05) is 48.2 Å². The first kappa shape index (κ1) is 17.4. The van der Waals surface area contributed by atoms with E-state index in [0.29, 0.717) is 25.3 Å². The molecule has 0 saturated carbocycles. The first-order chi connectivity index (χ1) is 12.2. The van der Waals surface area contributed by atoms with Crippen molar-refractivity contribution in [3.05, 3.63) is 59.4 Å². The largest absolute Gasteiger partial charge is 0.496 e. The smallest absolute Gasteiger partial charge is 0.255 e. The molecule has 0 unspecified atom stereocenters. The van der Waals surface area contributed by atoms with Crippen molar-refractivity contribution in [2.75, 3.05) is 20.2 Å². The number of hydrogen-bond acceptors (Lipinski definition) is 4. The fourth-order valence-corrected chi connectivity index (χ4v) is 3.03. The lowest BCUT2D eigenvalue weighted by Crippen LogP contribution is -2.40. The van der Waals surface area contributed by atoms with Gasteiger partial charge in [0.2, 0.25) is 0 Å². The van der Waals surface area contributed by atoms with Crippen molar-refractivity contribution in [2.24, 2.45) is 0 Å². The molecule has 3 rings (SSSR count). The lowest BCUT2D eigenvalue weighted by atomic mass is 10.1. The van der Waals surface area contributed by atoms with Gasteiger partial charge >= 0.3 is 0 Å². The Balaban J connectivity index is 1.50. The molecule has 1 aliphatic heterocycles. The van der Waals surface area contributed by atoms with Crippen LogP contribution in [-0.2, 0) is 11.3 Å². The molecule has 132 valence electrons. The van der Waals surface area contributed by atoms with Gasteiger partial charge in [0.25, 0.3) is 5.91 Å². The number of ether oxygens (including phenoxy) is 2. The molecule has 0 aliphatic carbocycles. The van der Waals surface area contributed by atoms with Gasteiger partial charge in [0.1, 0.15) is 5.75 Å². The van der Waals surface area contributed by atoms with Gasteiger partial charge in [-0.15, -0.1) is 0 Å². The third kappa shape index (κ3) is 4.37. The highest BCUT2D eigenvalue weighted by atomic mass is 16.5. The van der Waals surface area contributed by atoms with E-state index in [-0.39, 0.29) is 12.0 Å². The summed E-state index contributed by atoms with van der Waals surface area (Å²) in [5.41, 5.74) is 2.62. The number of nitrogens with zero attached hydrogens (tertiary/aromatic N) is 2. The molecular formula is C20H24N2O3. The van der Waals surface area contributed by atoms with Crippen molar-refractivity contribution in [3.8, 4) is 5.75 Å². The molecule has 5 heteroatoms. The average Bonchev–Trinajstić information content (AvgIpc) is 2.67. The zero-order chi connectivity index (χ0) is 17.6. The molecule has 1 fully saturated rings. The van der Waals surface area contributed by atoms with Crippen molar-refractivity contribution < 1.29 is 14.3 Å². The summed E-state index contributed by atoms with van der Waals surface area (Å²) in [5, 5.41) is 0. The van der Waals surface area contributed by atoms with E-state index in [1.165, 1.54) is 0 Å². The van der Waals surface area contributed by atoms with Crippen molar-refractivity contribution in [2.45, 2.75) is 32.5 Å². The van der Waals surface area contributed by atoms with Crippen LogP contribution < -0.4 is 4.74 Å². The second kappa shape index (κ2) is 8.12. The predicted octanol–water partition coefficient (Wildman–Crippen LogP) is 3.22. The fraction of sp³-hybridized carbons (Fsp3) is 0.400. The maximum atomic E-state index is 12.5. The number of aryl methyl sites for hydroxylation is 1. The Kier molecular flexibility index (Phi) is 5.66. The van der Waals surface area contributed by atoms with Gasteiger partial charge < -0.3 is 14.4 Å². The molecule has 1 aliphatic rings. The highest BCUT2D eigenvalue weighted by Crippen LogP contribution is 2.22. The number of likely N-dealkylation sites (tertiary alicyclic amines) is 1. The lowest BCUT2D eigenvalue weighted by molar-refractivity contribution is -0.000968. The molecule has 1 aromatic heterocycles. The molecule has 0 radical (unpaired) electrons. The molecule has 0 atom stereocenters. The van der Waals surface area contributed by atoms with Crippen LogP contribution >= 0.6 is 0 Å². The first-order valence-electron chi connectivity index (χ1n) is 8.63. The lowest BCUT2D eigenvalue weighted by Gasteiger charge is -2.32. The van der Waals surface area contributed by atoms with E-state index in [4.69, 9.17) is 9.47 Å². The minimum Gasteiger partial charge on any atom is -0.496 e. The molecule has 2 aromatic rings. The van der Waals surface area contributed by atoms with E-state index < -0.39 is 0 Å². The van der Waals surface area contributed by atoms with Gasteiger partial charge in [0.05, 0.1) is 25.4 Å². The summed E-state index contributed by atoms with van der Waals surface area (Å²) < 4.78 is 11.4. The topological polar surface area (TPSA) is 51.7 Å². The van der Waals surface area contributed by atoms with Gasteiger partial charge in [-0.1, -0.05) is 18.2 Å². The molecule has 2 heterocycles. The second-order valence-corrected chi connectivity index (χ2v) is 6.30. The summed E-state index contributed by atoms with van der Waals surface area (Å²) in [6.45, 7) is 3.87. The van der Waals surface area contributed by atoms with Crippen LogP contribution in [-0.4, -0.2) is 42.1 Å². The van der Waals surface area contributed by atoms with Crippen LogP contribution in [0.2, 0.25) is 0 Å². The summed E-state index contributed by atoms with van der Waals surface area (Å²) in [6, 6.07) is 11.6. The fourth-order valence-electron chi connectivity index (χ4n) is 3.03. The van der Waals surface area contributed by atoms with Gasteiger partial charge in [0, 0.05) is 30.5 Å². The maximum Gasteiger partial charge on any atom is 0.255 e. The Morgan fingerprint density at radius 2 is 1.96 bits per heavy atom. The highest BCUT2D eigenvalue weighted by Gasteiger charge is 2.24. The summed E-state index contributed by atoms with van der Waals surface area (Å²) in [5.74, 6) is 0.901. The zero-order valence-corrected chi connectivity index (χ0v) is 14.8. The molecule has 1 saturated heterocycles. The molecule has 5 nitrogen and oxygen atoms in total. The molecule has 25 heavy (non-hydrogen) atoms. The predicted molar refractivity (Wildman–Crippen MR) is 95.7 cm³/mol. The van der Waals surface area contributed by atoms with Gasteiger partial charge in [0.15, 0.2) is 0 Å². The number of benzene rings is 1. The Bertz CT molecular complexity index is 707. The van der Waals surface area contributed by atoms with Gasteiger partial charge in [-0.3, -0.25) is 9.78 Å². The Morgan fingerprint density at radius 3 is 2.64 bits per heavy atom. The van der Waals surface area contributed by atoms with Crippen molar-refractivity contribution >= 4 is 5.91 Å². The minimum atomic E-state index is 0.0516. The van der Waals surface area contributed by atoms with Crippen LogP contribution in [0.5, 0.6) is 5.75 Å². The van der Waals surface area contributed by atoms with Crippen molar-refractivity contribution in [3.63, 3.8) is 0 Å². The van der Waals surface area contributed by atoms with Crippen LogP contribution in [0.3, 0.4) is 0 Å². The normalized spacial score (nSPS) is 15.2. The molecule has 0 spiro atoms. The van der Waals surface area contributed by atoms with E-state index in [1.54, 1.807) is 13.3 Å². The number of carbonyl (C=O) groups is 1. The summed E-state index contributed by atoms with van der Waals surface area (Å²) in [7, 11) is 1.67. The van der Waals surface area contributed by atoms with Gasteiger partial charge in [-0.2, -0.15) is 0 Å². The average molecular weight is 340 g/mol. The Morgan fingerprint density at radius 1 is 1.20 bits per heavy atom. The number of para-hydroxylation sites is 1. The SMILES string of the molecule is COc1ccccc1COC1CCN(C(=O)c2ccc(C)nc2)CC1. The monoisotopic (exact) mass is 340 g/mol. The number of carbonyl (C=O) groups excluding carboxylic acids is 1. The van der Waals surface area contributed by atoms with Crippen LogP contribution in [0.15, 0.2) is 42.6 Å². The second-order valence-electron chi connectivity index (χ2n) is 6.30. The molecule has 1 amide bonds. The minimum absolute atomic E-state index is 0.0516. The van der Waals surface area contributed by atoms with E-state index in [0.717, 1.165) is 29.8 Å². The third-order valence-corrected chi connectivity index (χ3v) is 4.55. The van der Waals surface area contributed by atoms with Crippen LogP contribution in [0.1, 0.15) is 34.5 Å². The first-order valence-corrected chi connectivity index (χ1v) is 8.63. The number of rotatable bonds is 5. The maximum absolute atomic E-state index is 12.5. The number of hydrogen-bond donors (Lipinski definition) is 0. The standard InChI is InChI=1S/C20H24N2O3/c1-15-7-8-16(13-21-15)20(23)22-11-9-18(10-12-22)25-14-17-5-3-4-6-19(17)24-2/h3-8,13,18H,9-12,14H2,1-2H3. The number of amides is 1. The van der Waals surface area contributed by atoms with Gasteiger partial charge in [-0.25, -0.2) is 0 Å². The third-order valence-electron chi connectivity index (χ3n) is 4.55. The number of methoxy groups -OCH3 is 1. The Labute approximate surface area is 148 Å². The molecule has 0 bridgehead atoms. The van der Waals surface area contributed by atoms with Gasteiger partial charge in [-0.05, 0) is 38.0 Å².